The number of imidazole rings is 1. The van der Waals surface area contributed by atoms with Crippen LogP contribution in [0, 0.1) is 5.21 Å². The smallest absolute Gasteiger partial charge is 0.244 e. The van der Waals surface area contributed by atoms with Crippen LogP contribution in [-0.4, -0.2) is 10.5 Å². The fraction of sp³-hybridized carbons (Fsp3) is 0. The molecular weight excluding hydrogens is 155 g/mol. The summed E-state index contributed by atoms with van der Waals surface area (Å²) < 4.78 is 0.694. The maximum Gasteiger partial charge on any atom is 0.244 e. The quantitative estimate of drug-likeness (QED) is 0.290. The minimum atomic E-state index is 0. The van der Waals surface area contributed by atoms with Gasteiger partial charge in [0, 0.05) is 16.5 Å². The van der Waals surface area contributed by atoms with Crippen molar-refractivity contribution in [2.24, 2.45) is 0 Å². The molecule has 0 bridgehead atoms. The van der Waals surface area contributed by atoms with Crippen LogP contribution in [0.1, 0.15) is 0 Å². The van der Waals surface area contributed by atoms with E-state index in [-0.39, 0.29) is 22.0 Å². The summed E-state index contributed by atoms with van der Waals surface area (Å²) in [7, 11) is 0. The Balaban J connectivity index is 0. The van der Waals surface area contributed by atoms with Crippen molar-refractivity contribution in [2.75, 3.05) is 0 Å². The molecule has 50 valence electrons. The summed E-state index contributed by atoms with van der Waals surface area (Å²) in [4.78, 5) is 2.58. The standard InChI is InChI=1S/C3H4N2O.Ni.H2O/c6-5-2-1-4-3-5;;/h1-4H;;1H2. The number of nitrogens with one attached hydrogen (secondary N) is 1. The van der Waals surface area contributed by atoms with Crippen molar-refractivity contribution in [2.45, 2.75) is 0 Å². The van der Waals surface area contributed by atoms with Gasteiger partial charge in [-0.1, -0.05) is 0 Å². The zero-order valence-electron chi connectivity index (χ0n) is 3.90. The Labute approximate surface area is 56.3 Å². The van der Waals surface area contributed by atoms with Crippen molar-refractivity contribution >= 4 is 0 Å². The summed E-state index contributed by atoms with van der Waals surface area (Å²) in [5.74, 6) is 0. The van der Waals surface area contributed by atoms with Crippen molar-refractivity contribution in [1.29, 1.82) is 0 Å². The van der Waals surface area contributed by atoms with Crippen LogP contribution in [0.5, 0.6) is 0 Å². The fourth-order valence-electron chi connectivity index (χ4n) is 0.276. The molecule has 0 aromatic carbocycles. The Morgan fingerprint density at radius 2 is 2.12 bits per heavy atom. The summed E-state index contributed by atoms with van der Waals surface area (Å²) in [6.07, 6.45) is 4.27. The molecule has 0 aliphatic heterocycles. The van der Waals surface area contributed by atoms with E-state index in [1.807, 2.05) is 0 Å². The SMILES string of the molecule is O.[Ni].[O-][n+]1cc[nH]c1. The van der Waals surface area contributed by atoms with E-state index in [4.69, 9.17) is 0 Å². The summed E-state index contributed by atoms with van der Waals surface area (Å²) in [5, 5.41) is 9.95. The Morgan fingerprint density at radius 1 is 1.50 bits per heavy atom. The first-order chi connectivity index (χ1) is 2.89. The Bertz CT molecular complexity index is 119. The zero-order valence-corrected chi connectivity index (χ0v) is 4.89. The molecule has 1 rings (SSSR count). The molecule has 0 spiro atoms. The Hall–Kier alpha value is -0.536. The molecule has 0 atom stereocenters. The van der Waals surface area contributed by atoms with Crippen LogP contribution in [0.4, 0.5) is 0 Å². The molecule has 3 N–H and O–H groups in total. The fourth-order valence-corrected chi connectivity index (χ4v) is 0.276. The van der Waals surface area contributed by atoms with E-state index < -0.39 is 0 Å². The van der Waals surface area contributed by atoms with Gasteiger partial charge in [-0.3, -0.25) is 0 Å². The average molecular weight is 161 g/mol. The van der Waals surface area contributed by atoms with Gasteiger partial charge in [0.25, 0.3) is 0 Å². The van der Waals surface area contributed by atoms with Crippen LogP contribution in [-0.2, 0) is 16.5 Å². The van der Waals surface area contributed by atoms with Gasteiger partial charge in [0.15, 0.2) is 0 Å². The van der Waals surface area contributed by atoms with E-state index >= 15 is 0 Å². The van der Waals surface area contributed by atoms with Gasteiger partial charge in [0.1, 0.15) is 12.4 Å². The van der Waals surface area contributed by atoms with E-state index in [1.54, 1.807) is 6.20 Å². The Kier molecular flexibility index (Phi) is 6.03. The second kappa shape index (κ2) is 4.62. The summed E-state index contributed by atoms with van der Waals surface area (Å²) in [6, 6.07) is 0. The molecule has 0 radical (unpaired) electrons. The number of H-pyrrole nitrogens is 1. The van der Waals surface area contributed by atoms with Crippen LogP contribution >= 0.6 is 0 Å². The topological polar surface area (TPSA) is 74.2 Å². The molecule has 1 aromatic rings. The van der Waals surface area contributed by atoms with Crippen LogP contribution in [0.2, 0.25) is 0 Å². The summed E-state index contributed by atoms with van der Waals surface area (Å²) >= 11 is 0. The molecule has 0 aliphatic carbocycles. The first-order valence-corrected chi connectivity index (χ1v) is 1.61. The zero-order chi connectivity index (χ0) is 4.41. The average Bonchev–Trinajstić information content (AvgIpc) is 1.86. The first kappa shape index (κ1) is 10.4. The predicted octanol–water partition coefficient (Wildman–Crippen LogP) is -1.18. The van der Waals surface area contributed by atoms with Crippen molar-refractivity contribution in [3.8, 4) is 0 Å². The maximum absolute atomic E-state index is 9.95. The van der Waals surface area contributed by atoms with Crippen molar-refractivity contribution in [1.82, 2.24) is 4.98 Å². The van der Waals surface area contributed by atoms with Gasteiger partial charge in [-0.05, 0) is 0 Å². The van der Waals surface area contributed by atoms with E-state index in [0.717, 1.165) is 0 Å². The van der Waals surface area contributed by atoms with E-state index in [0.29, 0.717) is 4.73 Å². The first-order valence-electron chi connectivity index (χ1n) is 1.61. The van der Waals surface area contributed by atoms with E-state index in [9.17, 15) is 5.21 Å². The van der Waals surface area contributed by atoms with Gasteiger partial charge in [-0.15, -0.1) is 0 Å². The molecule has 4 nitrogen and oxygen atoms in total. The van der Waals surface area contributed by atoms with Crippen molar-refractivity contribution in [3.63, 3.8) is 0 Å². The van der Waals surface area contributed by atoms with Gasteiger partial charge in [0.05, 0.1) is 0 Å². The third-order valence-electron chi connectivity index (χ3n) is 0.519. The van der Waals surface area contributed by atoms with Crippen LogP contribution in [0.15, 0.2) is 18.7 Å². The molecule has 0 amide bonds. The second-order valence-electron chi connectivity index (χ2n) is 0.971. The molecule has 5 heteroatoms. The molecule has 0 saturated carbocycles. The van der Waals surface area contributed by atoms with Gasteiger partial charge >= 0.3 is 0 Å². The molecule has 1 aromatic heterocycles. The van der Waals surface area contributed by atoms with Gasteiger partial charge < -0.3 is 10.7 Å². The van der Waals surface area contributed by atoms with Crippen LogP contribution in [0.3, 0.4) is 0 Å². The van der Waals surface area contributed by atoms with Crippen molar-refractivity contribution in [3.05, 3.63) is 23.9 Å². The minimum Gasteiger partial charge on any atom is -0.711 e. The third kappa shape index (κ3) is 2.61. The largest absolute Gasteiger partial charge is 0.711 e. The molecule has 8 heavy (non-hydrogen) atoms. The number of rotatable bonds is 0. The molecular formula is C3H6N2NiO2. The number of hydrogen-bond acceptors (Lipinski definition) is 1. The predicted molar refractivity (Wildman–Crippen MR) is 23.4 cm³/mol. The molecule has 0 saturated heterocycles. The summed E-state index contributed by atoms with van der Waals surface area (Å²) in [6.45, 7) is 0. The number of nitrogens with zero attached hydrogens (tertiary/aromatic N) is 1. The summed E-state index contributed by atoms with van der Waals surface area (Å²) in [5.41, 5.74) is 0. The van der Waals surface area contributed by atoms with Gasteiger partial charge in [0.2, 0.25) is 6.33 Å². The normalized spacial score (nSPS) is 6.50. The molecule has 0 fully saturated rings. The van der Waals surface area contributed by atoms with E-state index in [2.05, 4.69) is 4.98 Å². The maximum atomic E-state index is 9.95. The third-order valence-corrected chi connectivity index (χ3v) is 0.519. The molecule has 0 aliphatic rings. The van der Waals surface area contributed by atoms with Gasteiger partial charge in [-0.25, -0.2) is 9.71 Å². The monoisotopic (exact) mass is 160 g/mol. The van der Waals surface area contributed by atoms with Crippen LogP contribution in [0.25, 0.3) is 0 Å². The Morgan fingerprint density at radius 3 is 2.25 bits per heavy atom. The number of aromatic nitrogens is 2. The molecule has 0 unspecified atom stereocenters. The van der Waals surface area contributed by atoms with Crippen molar-refractivity contribution < 1.29 is 26.7 Å². The van der Waals surface area contributed by atoms with Crippen LogP contribution < -0.4 is 4.73 Å². The minimum absolute atomic E-state index is 0. The van der Waals surface area contributed by atoms with E-state index in [1.165, 1.54) is 12.5 Å². The van der Waals surface area contributed by atoms with Gasteiger partial charge in [-0.2, -0.15) is 0 Å². The number of aromatic amines is 1. The number of hydrogen-bond donors (Lipinski definition) is 1. The molecule has 1 heterocycles. The second-order valence-corrected chi connectivity index (χ2v) is 0.971.